The fraction of sp³-hybridized carbons (Fsp3) is 0.385. The van der Waals surface area contributed by atoms with Crippen LogP contribution in [0.4, 0.5) is 5.69 Å². The maximum Gasteiger partial charge on any atom is 0.328 e. The van der Waals surface area contributed by atoms with E-state index in [9.17, 15) is 19.7 Å². The molecule has 0 aliphatic carbocycles. The number of carbonyl (C=O) groups excluding carboxylic acids is 2. The number of carbonyl (C=O) groups is 2. The molecule has 0 radical (unpaired) electrons. The van der Waals surface area contributed by atoms with Gasteiger partial charge in [-0.3, -0.25) is 14.9 Å². The van der Waals surface area contributed by atoms with Crippen LogP contribution in [0.15, 0.2) is 18.2 Å². The van der Waals surface area contributed by atoms with Crippen molar-refractivity contribution >= 4 is 29.2 Å². The minimum atomic E-state index is -0.863. The van der Waals surface area contributed by atoms with E-state index < -0.39 is 22.8 Å². The minimum absolute atomic E-state index is 0.0606. The van der Waals surface area contributed by atoms with Crippen molar-refractivity contribution in [2.24, 2.45) is 5.92 Å². The van der Waals surface area contributed by atoms with Gasteiger partial charge in [0.15, 0.2) is 0 Å². The van der Waals surface area contributed by atoms with Gasteiger partial charge in [0.1, 0.15) is 6.04 Å². The quantitative estimate of drug-likeness (QED) is 0.510. The Labute approximate surface area is 126 Å². The molecule has 1 rings (SSSR count). The molecule has 1 atom stereocenters. The van der Waals surface area contributed by atoms with Gasteiger partial charge >= 0.3 is 5.97 Å². The standard InChI is InChI=1S/C13H15ClN2O5/c1-7(2)11(13(18)21-3)15-12(17)9-6-8(16(19)20)4-5-10(9)14/h4-7,11H,1-3H3,(H,15,17)/t11-/m0/s1. The predicted molar refractivity (Wildman–Crippen MR) is 76.2 cm³/mol. The molecule has 1 aromatic rings. The fourth-order valence-corrected chi connectivity index (χ4v) is 1.85. The van der Waals surface area contributed by atoms with Crippen LogP contribution < -0.4 is 5.32 Å². The third kappa shape index (κ3) is 4.16. The molecule has 0 spiro atoms. The molecule has 0 fully saturated rings. The molecule has 21 heavy (non-hydrogen) atoms. The lowest BCUT2D eigenvalue weighted by atomic mass is 10.0. The first-order valence-corrected chi connectivity index (χ1v) is 6.48. The Hall–Kier alpha value is -2.15. The molecule has 1 aromatic carbocycles. The summed E-state index contributed by atoms with van der Waals surface area (Å²) in [6.07, 6.45) is 0. The largest absolute Gasteiger partial charge is 0.467 e. The van der Waals surface area contributed by atoms with Crippen LogP contribution >= 0.6 is 11.6 Å². The number of benzene rings is 1. The summed E-state index contributed by atoms with van der Waals surface area (Å²) >= 11 is 5.87. The summed E-state index contributed by atoms with van der Waals surface area (Å²) in [5, 5.41) is 13.3. The van der Waals surface area contributed by atoms with Crippen molar-refractivity contribution in [2.75, 3.05) is 7.11 Å². The van der Waals surface area contributed by atoms with E-state index in [1.807, 2.05) is 0 Å². The van der Waals surface area contributed by atoms with Crippen LogP contribution in [0.5, 0.6) is 0 Å². The zero-order valence-corrected chi connectivity index (χ0v) is 12.5. The van der Waals surface area contributed by atoms with Crippen molar-refractivity contribution < 1.29 is 19.2 Å². The van der Waals surface area contributed by atoms with E-state index in [0.29, 0.717) is 0 Å². The van der Waals surface area contributed by atoms with Crippen molar-refractivity contribution in [3.63, 3.8) is 0 Å². The summed E-state index contributed by atoms with van der Waals surface area (Å²) in [6.45, 7) is 3.47. The zero-order chi connectivity index (χ0) is 16.2. The number of hydrogen-bond acceptors (Lipinski definition) is 5. The van der Waals surface area contributed by atoms with Crippen molar-refractivity contribution in [3.8, 4) is 0 Å². The molecule has 7 nitrogen and oxygen atoms in total. The van der Waals surface area contributed by atoms with E-state index >= 15 is 0 Å². The second kappa shape index (κ2) is 7.03. The maximum atomic E-state index is 12.1. The first kappa shape index (κ1) is 16.9. The Morgan fingerprint density at radius 2 is 2.00 bits per heavy atom. The first-order valence-electron chi connectivity index (χ1n) is 6.10. The number of ether oxygens (including phenoxy) is 1. The molecule has 0 saturated heterocycles. The highest BCUT2D eigenvalue weighted by Crippen LogP contribution is 2.22. The molecule has 114 valence electrons. The van der Waals surface area contributed by atoms with Gasteiger partial charge in [0, 0.05) is 12.1 Å². The molecule has 0 aliphatic rings. The Morgan fingerprint density at radius 1 is 1.38 bits per heavy atom. The van der Waals surface area contributed by atoms with Crippen LogP contribution in [-0.2, 0) is 9.53 Å². The SMILES string of the molecule is COC(=O)[C@@H](NC(=O)c1cc([N+](=O)[O-])ccc1Cl)C(C)C. The smallest absolute Gasteiger partial charge is 0.328 e. The number of non-ortho nitro benzene ring substituents is 1. The van der Waals surface area contributed by atoms with E-state index in [-0.39, 0.29) is 22.2 Å². The van der Waals surface area contributed by atoms with Gasteiger partial charge in [-0.15, -0.1) is 0 Å². The number of nitro benzene ring substituents is 1. The van der Waals surface area contributed by atoms with Gasteiger partial charge in [-0.25, -0.2) is 4.79 Å². The monoisotopic (exact) mass is 314 g/mol. The second-order valence-electron chi connectivity index (χ2n) is 4.64. The van der Waals surface area contributed by atoms with Crippen molar-refractivity contribution in [2.45, 2.75) is 19.9 Å². The van der Waals surface area contributed by atoms with Crippen molar-refractivity contribution in [1.82, 2.24) is 5.32 Å². The summed E-state index contributed by atoms with van der Waals surface area (Å²) in [5.41, 5.74) is -0.330. The number of esters is 1. The predicted octanol–water partition coefficient (Wildman–Crippen LogP) is 2.18. The Morgan fingerprint density at radius 3 is 2.48 bits per heavy atom. The lowest BCUT2D eigenvalue weighted by Gasteiger charge is -2.20. The molecule has 1 N–H and O–H groups in total. The number of hydrogen-bond donors (Lipinski definition) is 1. The normalized spacial score (nSPS) is 11.9. The molecule has 0 heterocycles. The molecule has 0 saturated carbocycles. The van der Waals surface area contributed by atoms with Crippen LogP contribution in [0, 0.1) is 16.0 Å². The topological polar surface area (TPSA) is 98.5 Å². The van der Waals surface area contributed by atoms with Crippen LogP contribution in [0.3, 0.4) is 0 Å². The molecule has 0 aliphatic heterocycles. The van der Waals surface area contributed by atoms with Crippen LogP contribution in [0.1, 0.15) is 24.2 Å². The van der Waals surface area contributed by atoms with E-state index in [1.54, 1.807) is 13.8 Å². The van der Waals surface area contributed by atoms with E-state index in [4.69, 9.17) is 11.6 Å². The number of amides is 1. The van der Waals surface area contributed by atoms with Crippen LogP contribution in [0.2, 0.25) is 5.02 Å². The zero-order valence-electron chi connectivity index (χ0n) is 11.8. The number of nitrogens with zero attached hydrogens (tertiary/aromatic N) is 1. The first-order chi connectivity index (χ1) is 9.77. The molecule has 1 amide bonds. The summed E-state index contributed by atoms with van der Waals surface area (Å²) in [7, 11) is 1.21. The average Bonchev–Trinajstić information content (AvgIpc) is 2.43. The van der Waals surface area contributed by atoms with Gasteiger partial charge < -0.3 is 10.1 Å². The van der Waals surface area contributed by atoms with Gasteiger partial charge in [-0.05, 0) is 12.0 Å². The van der Waals surface area contributed by atoms with E-state index in [0.717, 1.165) is 6.07 Å². The van der Waals surface area contributed by atoms with Crippen LogP contribution in [-0.4, -0.2) is 30.0 Å². The van der Waals surface area contributed by atoms with Gasteiger partial charge in [-0.1, -0.05) is 25.4 Å². The molecule has 0 bridgehead atoms. The molecule has 8 heteroatoms. The van der Waals surface area contributed by atoms with E-state index in [1.165, 1.54) is 19.2 Å². The number of nitrogens with one attached hydrogen (secondary N) is 1. The fourth-order valence-electron chi connectivity index (χ4n) is 1.64. The number of halogens is 1. The highest BCUT2D eigenvalue weighted by atomic mass is 35.5. The minimum Gasteiger partial charge on any atom is -0.467 e. The van der Waals surface area contributed by atoms with Crippen LogP contribution in [0.25, 0.3) is 0 Å². The number of methoxy groups -OCH3 is 1. The average molecular weight is 315 g/mol. The Kier molecular flexibility index (Phi) is 5.66. The Bertz CT molecular complexity index is 574. The van der Waals surface area contributed by atoms with Gasteiger partial charge in [0.05, 0.1) is 22.6 Å². The molecule has 0 aromatic heterocycles. The summed E-state index contributed by atoms with van der Waals surface area (Å²) in [4.78, 5) is 33.8. The third-order valence-electron chi connectivity index (χ3n) is 2.81. The van der Waals surface area contributed by atoms with Gasteiger partial charge in [0.25, 0.3) is 11.6 Å². The lowest BCUT2D eigenvalue weighted by Crippen LogP contribution is -2.45. The lowest BCUT2D eigenvalue weighted by molar-refractivity contribution is -0.384. The van der Waals surface area contributed by atoms with Crippen molar-refractivity contribution in [3.05, 3.63) is 38.9 Å². The highest BCUT2D eigenvalue weighted by Gasteiger charge is 2.26. The summed E-state index contributed by atoms with van der Waals surface area (Å²) in [5.74, 6) is -1.48. The second-order valence-corrected chi connectivity index (χ2v) is 5.05. The van der Waals surface area contributed by atoms with E-state index in [2.05, 4.69) is 10.1 Å². The molecular formula is C13H15ClN2O5. The summed E-state index contributed by atoms with van der Waals surface area (Å²) < 4.78 is 4.61. The Balaban J connectivity index is 3.05. The number of rotatable bonds is 5. The number of nitro groups is 1. The van der Waals surface area contributed by atoms with Gasteiger partial charge in [0.2, 0.25) is 0 Å². The summed E-state index contributed by atoms with van der Waals surface area (Å²) in [6, 6.07) is 2.65. The van der Waals surface area contributed by atoms with Gasteiger partial charge in [-0.2, -0.15) is 0 Å². The highest BCUT2D eigenvalue weighted by molar-refractivity contribution is 6.34. The van der Waals surface area contributed by atoms with Crippen molar-refractivity contribution in [1.29, 1.82) is 0 Å². The third-order valence-corrected chi connectivity index (χ3v) is 3.14. The maximum absolute atomic E-state index is 12.1. The molecule has 0 unspecified atom stereocenters. The molecular weight excluding hydrogens is 300 g/mol.